The molecule has 2 atom stereocenters. The van der Waals surface area contributed by atoms with E-state index in [9.17, 15) is 0 Å². The molecule has 2 N–H and O–H groups in total. The summed E-state index contributed by atoms with van der Waals surface area (Å²) in [6.45, 7) is 8.88. The molecule has 1 aromatic carbocycles. The van der Waals surface area contributed by atoms with Gasteiger partial charge in [-0.15, -0.1) is 0 Å². The molecule has 0 radical (unpaired) electrons. The number of rotatable bonds is 2. The maximum atomic E-state index is 6.40. The van der Waals surface area contributed by atoms with Gasteiger partial charge in [-0.1, -0.05) is 26.0 Å². The maximum absolute atomic E-state index is 6.40. The van der Waals surface area contributed by atoms with Crippen molar-refractivity contribution in [3.63, 3.8) is 0 Å². The molecule has 98 valence electrons. The minimum absolute atomic E-state index is 0.0656. The fourth-order valence-corrected chi connectivity index (χ4v) is 3.19. The Morgan fingerprint density at radius 3 is 2.56 bits per heavy atom. The highest BCUT2D eigenvalue weighted by Gasteiger charge is 2.49. The van der Waals surface area contributed by atoms with Crippen molar-refractivity contribution < 1.29 is 4.74 Å². The molecule has 0 saturated heterocycles. The molecule has 1 aliphatic heterocycles. The molecule has 0 aromatic heterocycles. The summed E-state index contributed by atoms with van der Waals surface area (Å²) in [6, 6.07) is 6.66. The van der Waals surface area contributed by atoms with Crippen LogP contribution in [0.25, 0.3) is 0 Å². The normalized spacial score (nSPS) is 28.4. The first kappa shape index (κ1) is 12.0. The third-order valence-electron chi connectivity index (χ3n) is 4.50. The van der Waals surface area contributed by atoms with Crippen LogP contribution in [-0.2, 0) is 6.42 Å². The van der Waals surface area contributed by atoms with Crippen LogP contribution in [0, 0.1) is 11.3 Å². The second-order valence-corrected chi connectivity index (χ2v) is 7.23. The van der Waals surface area contributed by atoms with Gasteiger partial charge in [0.15, 0.2) is 0 Å². The Bertz CT molecular complexity index is 490. The maximum Gasteiger partial charge on any atom is 0.123 e. The molecule has 3 rings (SSSR count). The van der Waals surface area contributed by atoms with Gasteiger partial charge in [-0.3, -0.25) is 0 Å². The van der Waals surface area contributed by atoms with Crippen LogP contribution in [0.4, 0.5) is 0 Å². The average molecular weight is 245 g/mol. The Morgan fingerprint density at radius 2 is 1.94 bits per heavy atom. The van der Waals surface area contributed by atoms with Gasteiger partial charge in [-0.25, -0.2) is 0 Å². The van der Waals surface area contributed by atoms with Gasteiger partial charge in [-0.2, -0.15) is 0 Å². The molecular weight excluding hydrogens is 222 g/mol. The second kappa shape index (κ2) is 3.51. The molecular formula is C16H23NO. The Hall–Kier alpha value is -1.02. The largest absolute Gasteiger partial charge is 0.487 e. The topological polar surface area (TPSA) is 35.2 Å². The lowest BCUT2D eigenvalue weighted by Crippen LogP contribution is -2.24. The summed E-state index contributed by atoms with van der Waals surface area (Å²) in [6.07, 6.45) is 2.23. The zero-order chi connectivity index (χ0) is 13.1. The summed E-state index contributed by atoms with van der Waals surface area (Å²) in [5.74, 6) is 1.66. The lowest BCUT2D eigenvalue weighted by Gasteiger charge is -2.16. The number of fused-ring (bicyclic) bond motifs is 1. The highest BCUT2D eigenvalue weighted by atomic mass is 16.5. The number of hydrogen-bond acceptors (Lipinski definition) is 2. The van der Waals surface area contributed by atoms with Crippen LogP contribution >= 0.6 is 0 Å². The van der Waals surface area contributed by atoms with E-state index in [1.54, 1.807) is 0 Å². The Morgan fingerprint density at radius 1 is 1.28 bits per heavy atom. The Kier molecular flexibility index (Phi) is 2.34. The van der Waals surface area contributed by atoms with Crippen molar-refractivity contribution in [1.29, 1.82) is 0 Å². The van der Waals surface area contributed by atoms with Crippen LogP contribution in [0.2, 0.25) is 0 Å². The van der Waals surface area contributed by atoms with Crippen molar-refractivity contribution in [3.05, 3.63) is 29.3 Å². The summed E-state index contributed by atoms with van der Waals surface area (Å²) in [5.41, 5.74) is 9.34. The summed E-state index contributed by atoms with van der Waals surface area (Å²) < 4.78 is 5.91. The predicted molar refractivity (Wildman–Crippen MR) is 73.7 cm³/mol. The lowest BCUT2D eigenvalue weighted by atomic mass is 9.94. The van der Waals surface area contributed by atoms with Crippen molar-refractivity contribution in [1.82, 2.24) is 0 Å². The SMILES string of the molecule is CC1(C)Cc2cc(C(N)C3CC3(C)C)ccc2O1. The molecule has 0 spiro atoms. The van der Waals surface area contributed by atoms with Crippen molar-refractivity contribution in [3.8, 4) is 5.75 Å². The van der Waals surface area contributed by atoms with Crippen molar-refractivity contribution in [2.24, 2.45) is 17.1 Å². The van der Waals surface area contributed by atoms with Gasteiger partial charge in [0.2, 0.25) is 0 Å². The van der Waals surface area contributed by atoms with Crippen molar-refractivity contribution in [2.75, 3.05) is 0 Å². The number of ether oxygens (including phenoxy) is 1. The molecule has 18 heavy (non-hydrogen) atoms. The quantitative estimate of drug-likeness (QED) is 0.866. The molecule has 0 amide bonds. The van der Waals surface area contributed by atoms with E-state index in [4.69, 9.17) is 10.5 Å². The van der Waals surface area contributed by atoms with Gasteiger partial charge in [0.05, 0.1) is 0 Å². The molecule has 1 aromatic rings. The molecule has 2 nitrogen and oxygen atoms in total. The fourth-order valence-electron chi connectivity index (χ4n) is 3.19. The number of hydrogen-bond donors (Lipinski definition) is 1. The lowest BCUT2D eigenvalue weighted by molar-refractivity contribution is 0.138. The van der Waals surface area contributed by atoms with Crippen LogP contribution < -0.4 is 10.5 Å². The average Bonchev–Trinajstić information content (AvgIpc) is 2.76. The van der Waals surface area contributed by atoms with Gasteiger partial charge >= 0.3 is 0 Å². The van der Waals surface area contributed by atoms with E-state index < -0.39 is 0 Å². The van der Waals surface area contributed by atoms with E-state index in [1.165, 1.54) is 17.5 Å². The van der Waals surface area contributed by atoms with E-state index in [2.05, 4.69) is 45.9 Å². The van der Waals surface area contributed by atoms with Crippen molar-refractivity contribution >= 4 is 0 Å². The summed E-state index contributed by atoms with van der Waals surface area (Å²) in [5, 5.41) is 0. The van der Waals surface area contributed by atoms with Gasteiger partial charge in [0.1, 0.15) is 11.4 Å². The highest BCUT2D eigenvalue weighted by molar-refractivity contribution is 5.43. The fraction of sp³-hybridized carbons (Fsp3) is 0.625. The van der Waals surface area contributed by atoms with E-state index >= 15 is 0 Å². The second-order valence-electron chi connectivity index (χ2n) is 7.23. The van der Waals surface area contributed by atoms with Crippen LogP contribution in [0.1, 0.15) is 51.3 Å². The van der Waals surface area contributed by atoms with Gasteiger partial charge in [0.25, 0.3) is 0 Å². The van der Waals surface area contributed by atoms with E-state index in [0.717, 1.165) is 12.2 Å². The van der Waals surface area contributed by atoms with Gasteiger partial charge in [0, 0.05) is 12.5 Å². The van der Waals surface area contributed by atoms with Crippen molar-refractivity contribution in [2.45, 2.75) is 52.2 Å². The Labute approximate surface area is 110 Å². The molecule has 2 aliphatic rings. The van der Waals surface area contributed by atoms with E-state index in [0.29, 0.717) is 11.3 Å². The standard InChI is InChI=1S/C16H23NO/c1-15(2)9-12(15)14(17)10-5-6-13-11(7-10)8-16(3,4)18-13/h5-7,12,14H,8-9,17H2,1-4H3. The van der Waals surface area contributed by atoms with Crippen LogP contribution in [0.15, 0.2) is 18.2 Å². The van der Waals surface area contributed by atoms with E-state index in [-0.39, 0.29) is 11.6 Å². The molecule has 0 bridgehead atoms. The summed E-state index contributed by atoms with van der Waals surface area (Å²) in [4.78, 5) is 0. The van der Waals surface area contributed by atoms with Crippen LogP contribution in [-0.4, -0.2) is 5.60 Å². The smallest absolute Gasteiger partial charge is 0.123 e. The zero-order valence-electron chi connectivity index (χ0n) is 11.8. The molecule has 1 saturated carbocycles. The predicted octanol–water partition coefficient (Wildman–Crippen LogP) is 3.45. The summed E-state index contributed by atoms with van der Waals surface area (Å²) in [7, 11) is 0. The zero-order valence-corrected chi connectivity index (χ0v) is 11.8. The number of benzene rings is 1. The van der Waals surface area contributed by atoms with Gasteiger partial charge < -0.3 is 10.5 Å². The molecule has 2 heteroatoms. The van der Waals surface area contributed by atoms with Gasteiger partial charge in [-0.05, 0) is 48.8 Å². The monoisotopic (exact) mass is 245 g/mol. The molecule has 1 fully saturated rings. The van der Waals surface area contributed by atoms with E-state index in [1.807, 2.05) is 0 Å². The number of nitrogens with two attached hydrogens (primary N) is 1. The first-order valence-corrected chi connectivity index (χ1v) is 6.86. The summed E-state index contributed by atoms with van der Waals surface area (Å²) >= 11 is 0. The first-order chi connectivity index (χ1) is 8.28. The Balaban J connectivity index is 1.84. The minimum atomic E-state index is -0.0656. The highest BCUT2D eigenvalue weighted by Crippen LogP contribution is 2.57. The third-order valence-corrected chi connectivity index (χ3v) is 4.50. The van der Waals surface area contributed by atoms with Crippen LogP contribution in [0.3, 0.4) is 0 Å². The molecule has 1 aliphatic carbocycles. The molecule has 2 unspecified atom stereocenters. The molecule has 1 heterocycles. The van der Waals surface area contributed by atoms with Crippen LogP contribution in [0.5, 0.6) is 5.75 Å². The first-order valence-electron chi connectivity index (χ1n) is 6.86. The third kappa shape index (κ3) is 1.93. The minimum Gasteiger partial charge on any atom is -0.487 e.